The summed E-state index contributed by atoms with van der Waals surface area (Å²) in [6, 6.07) is 19.1. The molecule has 0 atom stereocenters. The van der Waals surface area contributed by atoms with E-state index in [4.69, 9.17) is 26.8 Å². The highest BCUT2D eigenvalue weighted by Crippen LogP contribution is 2.38. The van der Waals surface area contributed by atoms with Gasteiger partial charge in [0.2, 0.25) is 0 Å². The quantitative estimate of drug-likeness (QED) is 0.226. The summed E-state index contributed by atoms with van der Waals surface area (Å²) in [5.74, 6) is 2.00. The fourth-order valence-corrected chi connectivity index (χ4v) is 3.88. The molecule has 3 aromatic carbocycles. The first-order valence-corrected chi connectivity index (χ1v) is 12.0. The summed E-state index contributed by atoms with van der Waals surface area (Å²) in [6.07, 6.45) is 4.00. The van der Waals surface area contributed by atoms with Crippen molar-refractivity contribution in [2.24, 2.45) is 10.1 Å². The van der Waals surface area contributed by atoms with Crippen LogP contribution >= 0.6 is 23.5 Å². The van der Waals surface area contributed by atoms with Crippen molar-refractivity contribution < 1.29 is 9.47 Å². The number of amidine groups is 1. The Balaban J connectivity index is 1.56. The zero-order chi connectivity index (χ0) is 23.4. The lowest BCUT2D eigenvalue weighted by atomic mass is 10.0. The minimum atomic E-state index is 0.152. The number of anilines is 1. The van der Waals surface area contributed by atoms with Gasteiger partial charge in [0.05, 0.1) is 16.7 Å². The highest BCUT2D eigenvalue weighted by molar-refractivity contribution is 7.97. The fourth-order valence-electron chi connectivity index (χ4n) is 3.34. The summed E-state index contributed by atoms with van der Waals surface area (Å²) < 4.78 is 16.0. The number of halogens is 1. The molecule has 0 heterocycles. The summed E-state index contributed by atoms with van der Waals surface area (Å²) >= 11 is 7.68. The van der Waals surface area contributed by atoms with E-state index in [1.165, 1.54) is 11.9 Å². The molecule has 0 saturated heterocycles. The molecule has 0 spiro atoms. The molecular formula is C25H23ClN4O2S. The van der Waals surface area contributed by atoms with Crippen molar-refractivity contribution >= 4 is 35.1 Å². The van der Waals surface area contributed by atoms with Gasteiger partial charge in [-0.1, -0.05) is 29.8 Å². The van der Waals surface area contributed by atoms with E-state index in [-0.39, 0.29) is 6.10 Å². The number of nitrogens with zero attached hydrogens (tertiary/aromatic N) is 2. The molecule has 0 unspecified atom stereocenters. The van der Waals surface area contributed by atoms with Gasteiger partial charge in [-0.3, -0.25) is 0 Å². The van der Waals surface area contributed by atoms with Crippen molar-refractivity contribution in [1.29, 1.82) is 5.26 Å². The third kappa shape index (κ3) is 5.36. The highest BCUT2D eigenvalue weighted by atomic mass is 35.5. The van der Waals surface area contributed by atoms with E-state index in [2.05, 4.69) is 15.8 Å². The molecule has 3 aromatic rings. The minimum Gasteiger partial charge on any atom is -0.487 e. The molecule has 1 saturated carbocycles. The van der Waals surface area contributed by atoms with Crippen LogP contribution in [0.4, 0.5) is 5.69 Å². The van der Waals surface area contributed by atoms with Gasteiger partial charge in [-0.25, -0.2) is 0 Å². The lowest BCUT2D eigenvalue weighted by Gasteiger charge is -2.13. The van der Waals surface area contributed by atoms with Gasteiger partial charge in [-0.15, -0.1) is 0 Å². The van der Waals surface area contributed by atoms with E-state index in [0.717, 1.165) is 35.2 Å². The van der Waals surface area contributed by atoms with Gasteiger partial charge in [0.1, 0.15) is 23.4 Å². The number of nitrogens with one attached hydrogen (secondary N) is 1. The zero-order valence-corrected chi connectivity index (χ0v) is 19.8. The van der Waals surface area contributed by atoms with Crippen LogP contribution in [0.15, 0.2) is 59.0 Å². The van der Waals surface area contributed by atoms with Crippen LogP contribution in [0, 0.1) is 11.3 Å². The second kappa shape index (κ2) is 10.1. The van der Waals surface area contributed by atoms with Gasteiger partial charge in [0, 0.05) is 36.7 Å². The average Bonchev–Trinajstić information content (AvgIpc) is 3.65. The number of nitrogens with two attached hydrogens (primary N) is 1. The standard InChI is InChI=1S/C25H23ClN4O2S/c1-29-23-10-5-16(12-21(23)25(28)30-33-2)15-3-6-18(7-4-15)31-20-11-17(14-27)24(22(26)13-20)32-19-8-9-19/h3-7,10-13,19,29H,8-9H2,1-2H3,(H2,28,30). The van der Waals surface area contributed by atoms with Crippen LogP contribution in [0.3, 0.4) is 0 Å². The van der Waals surface area contributed by atoms with Crippen molar-refractivity contribution in [2.45, 2.75) is 18.9 Å². The van der Waals surface area contributed by atoms with Crippen LogP contribution in [-0.2, 0) is 0 Å². The maximum atomic E-state index is 9.49. The van der Waals surface area contributed by atoms with Crippen molar-refractivity contribution in [3.8, 4) is 34.4 Å². The van der Waals surface area contributed by atoms with Crippen LogP contribution < -0.4 is 20.5 Å². The van der Waals surface area contributed by atoms with Gasteiger partial charge < -0.3 is 20.5 Å². The van der Waals surface area contributed by atoms with E-state index < -0.39 is 0 Å². The molecule has 1 aliphatic rings. The highest BCUT2D eigenvalue weighted by Gasteiger charge is 2.26. The van der Waals surface area contributed by atoms with Gasteiger partial charge >= 0.3 is 0 Å². The second-order valence-electron chi connectivity index (χ2n) is 7.51. The first-order valence-electron chi connectivity index (χ1n) is 10.4. The van der Waals surface area contributed by atoms with Gasteiger partial charge in [-0.2, -0.15) is 9.66 Å². The molecule has 0 aromatic heterocycles. The molecule has 168 valence electrons. The van der Waals surface area contributed by atoms with Crippen LogP contribution in [0.5, 0.6) is 17.2 Å². The van der Waals surface area contributed by atoms with Gasteiger partial charge in [-0.05, 0) is 60.2 Å². The Morgan fingerprint density at radius 1 is 1.12 bits per heavy atom. The predicted octanol–water partition coefficient (Wildman–Crippen LogP) is 6.24. The Morgan fingerprint density at radius 3 is 2.48 bits per heavy atom. The van der Waals surface area contributed by atoms with Crippen LogP contribution in [0.1, 0.15) is 24.0 Å². The van der Waals surface area contributed by atoms with Gasteiger partial charge in [0.15, 0.2) is 5.75 Å². The Kier molecular flexibility index (Phi) is 6.97. The summed E-state index contributed by atoms with van der Waals surface area (Å²) in [5.41, 5.74) is 10.3. The lowest BCUT2D eigenvalue weighted by molar-refractivity contribution is 0.302. The normalized spacial score (nSPS) is 13.3. The number of hydrogen-bond acceptors (Lipinski definition) is 6. The molecule has 0 amide bonds. The molecule has 33 heavy (non-hydrogen) atoms. The maximum absolute atomic E-state index is 9.49. The predicted molar refractivity (Wildman–Crippen MR) is 136 cm³/mol. The summed E-state index contributed by atoms with van der Waals surface area (Å²) in [4.78, 5) is 0. The summed E-state index contributed by atoms with van der Waals surface area (Å²) in [6.45, 7) is 0. The molecule has 0 bridgehead atoms. The first-order chi connectivity index (χ1) is 16.0. The Bertz CT molecular complexity index is 1230. The summed E-state index contributed by atoms with van der Waals surface area (Å²) in [5, 5.41) is 13.0. The van der Waals surface area contributed by atoms with Crippen LogP contribution in [0.2, 0.25) is 5.02 Å². The SMILES string of the molecule is CNc1ccc(-c2ccc(Oc3cc(Cl)c(OC4CC4)c(C#N)c3)cc2)cc1/C(N)=N/SC. The van der Waals surface area contributed by atoms with Gasteiger partial charge in [0.25, 0.3) is 0 Å². The molecule has 6 nitrogen and oxygen atoms in total. The van der Waals surface area contributed by atoms with E-state index in [9.17, 15) is 5.26 Å². The molecule has 1 aliphatic carbocycles. The largest absolute Gasteiger partial charge is 0.487 e. The van der Waals surface area contributed by atoms with E-state index >= 15 is 0 Å². The molecule has 0 aliphatic heterocycles. The van der Waals surface area contributed by atoms with Crippen molar-refractivity contribution in [3.05, 3.63) is 70.7 Å². The molecular weight excluding hydrogens is 456 g/mol. The van der Waals surface area contributed by atoms with E-state index in [1.807, 2.05) is 55.8 Å². The van der Waals surface area contributed by atoms with E-state index in [1.54, 1.807) is 12.1 Å². The number of hydrogen-bond donors (Lipinski definition) is 2. The molecule has 4 rings (SSSR count). The van der Waals surface area contributed by atoms with Crippen LogP contribution in [0.25, 0.3) is 11.1 Å². The van der Waals surface area contributed by atoms with Crippen molar-refractivity contribution in [3.63, 3.8) is 0 Å². The molecule has 0 radical (unpaired) electrons. The average molecular weight is 479 g/mol. The zero-order valence-electron chi connectivity index (χ0n) is 18.3. The molecule has 1 fully saturated rings. The number of rotatable bonds is 8. The van der Waals surface area contributed by atoms with Crippen LogP contribution in [-0.4, -0.2) is 25.2 Å². The monoisotopic (exact) mass is 478 g/mol. The third-order valence-electron chi connectivity index (χ3n) is 5.12. The smallest absolute Gasteiger partial charge is 0.156 e. The Hall–Kier alpha value is -3.34. The first kappa shape index (κ1) is 22.8. The maximum Gasteiger partial charge on any atom is 0.156 e. The van der Waals surface area contributed by atoms with E-state index in [0.29, 0.717) is 33.7 Å². The number of ether oxygens (including phenoxy) is 2. The lowest BCUT2D eigenvalue weighted by Crippen LogP contribution is -2.14. The Morgan fingerprint density at radius 2 is 1.85 bits per heavy atom. The Labute approximate surface area is 202 Å². The van der Waals surface area contributed by atoms with Crippen molar-refractivity contribution in [1.82, 2.24) is 0 Å². The fraction of sp³-hybridized carbons (Fsp3) is 0.200. The third-order valence-corrected chi connectivity index (χ3v) is 5.78. The minimum absolute atomic E-state index is 0.152. The second-order valence-corrected chi connectivity index (χ2v) is 8.46. The number of nitriles is 1. The topological polar surface area (TPSA) is 92.7 Å². The molecule has 8 heteroatoms. The number of benzene rings is 3. The molecule has 3 N–H and O–H groups in total. The van der Waals surface area contributed by atoms with Crippen molar-refractivity contribution in [2.75, 3.05) is 18.6 Å². The summed E-state index contributed by atoms with van der Waals surface area (Å²) in [7, 11) is 1.85.